The highest BCUT2D eigenvalue weighted by molar-refractivity contribution is 5.78. The Kier molecular flexibility index (Phi) is 6.30. The number of rotatable bonds is 6. The number of nitrogens with zero attached hydrogens (tertiary/aromatic N) is 4. The van der Waals surface area contributed by atoms with Crippen LogP contribution in [0.2, 0.25) is 0 Å². The number of aromatic nitrogens is 3. The second kappa shape index (κ2) is 9.65. The molecule has 1 N–H and O–H groups in total. The van der Waals surface area contributed by atoms with Crippen LogP contribution in [0.5, 0.6) is 0 Å². The molecule has 166 valence electrons. The summed E-state index contributed by atoms with van der Waals surface area (Å²) in [5.41, 5.74) is 4.89. The molecule has 1 aromatic carbocycles. The van der Waals surface area contributed by atoms with Crippen molar-refractivity contribution >= 4 is 5.91 Å². The van der Waals surface area contributed by atoms with Gasteiger partial charge in [0.05, 0.1) is 24.5 Å². The van der Waals surface area contributed by atoms with Gasteiger partial charge in [-0.05, 0) is 42.4 Å². The molecule has 2 aromatic heterocycles. The Labute approximate surface area is 189 Å². The van der Waals surface area contributed by atoms with E-state index in [1.165, 1.54) is 17.0 Å². The number of amides is 1. The molecule has 0 saturated carbocycles. The van der Waals surface area contributed by atoms with E-state index in [0.29, 0.717) is 18.4 Å². The number of piperidine rings is 1. The van der Waals surface area contributed by atoms with E-state index >= 15 is 0 Å². The van der Waals surface area contributed by atoms with E-state index < -0.39 is 0 Å². The molecule has 1 atom stereocenters. The van der Waals surface area contributed by atoms with Gasteiger partial charge in [0.1, 0.15) is 0 Å². The maximum Gasteiger partial charge on any atom is 0.227 e. The van der Waals surface area contributed by atoms with Crippen molar-refractivity contribution < 1.29 is 4.79 Å². The highest BCUT2D eigenvalue weighted by atomic mass is 16.2. The van der Waals surface area contributed by atoms with Gasteiger partial charge in [0.15, 0.2) is 0 Å². The van der Waals surface area contributed by atoms with Gasteiger partial charge in [-0.3, -0.25) is 14.7 Å². The van der Waals surface area contributed by atoms with E-state index in [1.54, 1.807) is 12.4 Å². The van der Waals surface area contributed by atoms with Crippen LogP contribution in [-0.4, -0.2) is 56.8 Å². The van der Waals surface area contributed by atoms with E-state index in [1.807, 2.05) is 23.4 Å². The predicted octanol–water partition coefficient (Wildman–Crippen LogP) is 3.43. The lowest BCUT2D eigenvalue weighted by Gasteiger charge is -2.43. The van der Waals surface area contributed by atoms with Crippen LogP contribution in [-0.2, 0) is 24.1 Å². The lowest BCUT2D eigenvalue weighted by Crippen LogP contribution is -2.46. The second-order valence-electron chi connectivity index (χ2n) is 8.99. The van der Waals surface area contributed by atoms with E-state index in [9.17, 15) is 4.79 Å². The Morgan fingerprint density at radius 3 is 2.62 bits per heavy atom. The van der Waals surface area contributed by atoms with Crippen LogP contribution in [0.1, 0.15) is 41.4 Å². The van der Waals surface area contributed by atoms with Gasteiger partial charge in [-0.1, -0.05) is 36.4 Å². The van der Waals surface area contributed by atoms with Crippen molar-refractivity contribution in [3.63, 3.8) is 0 Å². The summed E-state index contributed by atoms with van der Waals surface area (Å²) in [6.07, 6.45) is 9.96. The minimum atomic E-state index is 0.210. The fourth-order valence-electron chi connectivity index (χ4n) is 5.30. The third-order valence-corrected chi connectivity index (χ3v) is 7.02. The van der Waals surface area contributed by atoms with Gasteiger partial charge < -0.3 is 9.88 Å². The van der Waals surface area contributed by atoms with Crippen LogP contribution in [0.3, 0.4) is 0 Å². The van der Waals surface area contributed by atoms with Gasteiger partial charge in [0.25, 0.3) is 0 Å². The number of benzene rings is 1. The molecule has 2 aliphatic rings. The predicted molar refractivity (Wildman–Crippen MR) is 124 cm³/mol. The molecule has 2 aliphatic heterocycles. The van der Waals surface area contributed by atoms with Crippen LogP contribution < -0.4 is 0 Å². The van der Waals surface area contributed by atoms with Gasteiger partial charge in [-0.15, -0.1) is 0 Å². The van der Waals surface area contributed by atoms with Crippen molar-refractivity contribution in [2.45, 2.75) is 38.1 Å². The quantitative estimate of drug-likeness (QED) is 0.652. The first-order chi connectivity index (χ1) is 15.8. The summed E-state index contributed by atoms with van der Waals surface area (Å²) in [5.74, 6) is 0.733. The van der Waals surface area contributed by atoms with E-state index in [0.717, 1.165) is 57.4 Å². The molecule has 6 nitrogen and oxygen atoms in total. The van der Waals surface area contributed by atoms with Crippen molar-refractivity contribution in [1.82, 2.24) is 24.8 Å². The topological polar surface area (TPSA) is 65.1 Å². The molecule has 32 heavy (non-hydrogen) atoms. The van der Waals surface area contributed by atoms with Crippen LogP contribution in [0.4, 0.5) is 0 Å². The summed E-state index contributed by atoms with van der Waals surface area (Å²) in [4.78, 5) is 29.7. The minimum Gasteiger partial charge on any atom is -0.348 e. The first-order valence-corrected chi connectivity index (χ1v) is 11.7. The largest absolute Gasteiger partial charge is 0.348 e. The number of aromatic amines is 1. The van der Waals surface area contributed by atoms with Gasteiger partial charge in [-0.2, -0.15) is 0 Å². The summed E-state index contributed by atoms with van der Waals surface area (Å²) in [7, 11) is 0. The Morgan fingerprint density at radius 1 is 1.03 bits per heavy atom. The zero-order valence-corrected chi connectivity index (χ0v) is 18.5. The SMILES string of the molecule is O=C(Cc1cccnc1)N1CCC(C2c3nc[nH]c3CCN2CCc2ccccc2)CC1. The van der Waals surface area contributed by atoms with Crippen LogP contribution >= 0.6 is 0 Å². The molecule has 0 spiro atoms. The first-order valence-electron chi connectivity index (χ1n) is 11.7. The fraction of sp³-hybridized carbons (Fsp3) is 0.423. The fourth-order valence-corrected chi connectivity index (χ4v) is 5.30. The van der Waals surface area contributed by atoms with Crippen molar-refractivity contribution in [2.75, 3.05) is 26.2 Å². The van der Waals surface area contributed by atoms with Gasteiger partial charge >= 0.3 is 0 Å². The standard InChI is InChI=1S/C26H31N5O/c32-24(17-21-7-4-12-27-18-21)30-14-9-22(10-15-30)26-25-23(28-19-29-25)11-16-31(26)13-8-20-5-2-1-3-6-20/h1-7,12,18-19,22,26H,8-11,13-17H2,(H,28,29). The molecule has 5 rings (SSSR count). The molecule has 0 bridgehead atoms. The number of hydrogen-bond donors (Lipinski definition) is 1. The molecule has 1 unspecified atom stereocenters. The molecule has 1 saturated heterocycles. The highest BCUT2D eigenvalue weighted by Gasteiger charge is 2.37. The number of H-pyrrole nitrogens is 1. The van der Waals surface area contributed by atoms with Crippen LogP contribution in [0, 0.1) is 5.92 Å². The number of carbonyl (C=O) groups is 1. The van der Waals surface area contributed by atoms with Gasteiger partial charge in [-0.25, -0.2) is 4.98 Å². The van der Waals surface area contributed by atoms with Gasteiger partial charge in [0, 0.05) is 50.7 Å². The summed E-state index contributed by atoms with van der Waals surface area (Å²) >= 11 is 0. The van der Waals surface area contributed by atoms with Gasteiger partial charge in [0.2, 0.25) is 5.91 Å². The number of hydrogen-bond acceptors (Lipinski definition) is 4. The molecule has 0 aliphatic carbocycles. The van der Waals surface area contributed by atoms with Crippen LogP contribution in [0.25, 0.3) is 0 Å². The maximum absolute atomic E-state index is 12.8. The molecule has 3 aromatic rings. The number of imidazole rings is 1. The number of fused-ring (bicyclic) bond motifs is 1. The lowest BCUT2D eigenvalue weighted by molar-refractivity contribution is -0.132. The van der Waals surface area contributed by atoms with E-state index in [-0.39, 0.29) is 5.91 Å². The summed E-state index contributed by atoms with van der Waals surface area (Å²) in [6, 6.07) is 14.9. The van der Waals surface area contributed by atoms with Crippen molar-refractivity contribution in [2.24, 2.45) is 5.92 Å². The normalized spacial score (nSPS) is 19.6. The average molecular weight is 430 g/mol. The number of likely N-dealkylation sites (tertiary alicyclic amines) is 1. The molecule has 4 heterocycles. The molecular weight excluding hydrogens is 398 g/mol. The number of carbonyl (C=O) groups excluding carboxylic acids is 1. The summed E-state index contributed by atoms with van der Waals surface area (Å²) in [6.45, 7) is 3.76. The molecule has 1 fully saturated rings. The Hall–Kier alpha value is -2.99. The highest BCUT2D eigenvalue weighted by Crippen LogP contribution is 2.38. The second-order valence-corrected chi connectivity index (χ2v) is 8.99. The zero-order chi connectivity index (χ0) is 21.8. The lowest BCUT2D eigenvalue weighted by atomic mass is 9.83. The Morgan fingerprint density at radius 2 is 1.84 bits per heavy atom. The maximum atomic E-state index is 12.8. The molecule has 6 heteroatoms. The number of pyridine rings is 1. The summed E-state index contributed by atoms with van der Waals surface area (Å²) in [5, 5.41) is 0. The zero-order valence-electron chi connectivity index (χ0n) is 18.5. The van der Waals surface area contributed by atoms with Crippen molar-refractivity contribution in [1.29, 1.82) is 0 Å². The molecule has 0 radical (unpaired) electrons. The van der Waals surface area contributed by atoms with Crippen molar-refractivity contribution in [3.8, 4) is 0 Å². The number of nitrogens with one attached hydrogen (secondary N) is 1. The average Bonchev–Trinajstić information content (AvgIpc) is 3.33. The summed E-state index contributed by atoms with van der Waals surface area (Å²) < 4.78 is 0. The minimum absolute atomic E-state index is 0.210. The third-order valence-electron chi connectivity index (χ3n) is 7.02. The molecule has 1 amide bonds. The molecular formula is C26H31N5O. The third kappa shape index (κ3) is 4.60. The first kappa shape index (κ1) is 20.9. The van der Waals surface area contributed by atoms with Crippen molar-refractivity contribution in [3.05, 3.63) is 83.7 Å². The smallest absolute Gasteiger partial charge is 0.227 e. The van der Waals surface area contributed by atoms with Crippen LogP contribution in [0.15, 0.2) is 61.2 Å². The van der Waals surface area contributed by atoms with E-state index in [4.69, 9.17) is 4.98 Å². The van der Waals surface area contributed by atoms with E-state index in [2.05, 4.69) is 45.2 Å². The Balaban J connectivity index is 1.24. The monoisotopic (exact) mass is 429 g/mol. The Bertz CT molecular complexity index is 1010.